The molecule has 0 amide bonds. The highest BCUT2D eigenvalue weighted by molar-refractivity contribution is 5.93. The van der Waals surface area contributed by atoms with Crippen LogP contribution in [0, 0.1) is 11.8 Å². The lowest BCUT2D eigenvalue weighted by Crippen LogP contribution is -2.06. The molecule has 4 aromatic rings. The number of carboxylic acids is 1. The number of carbonyl (C=O) groups is 1. The van der Waals surface area contributed by atoms with Gasteiger partial charge in [-0.05, 0) is 42.5 Å². The van der Waals surface area contributed by atoms with Gasteiger partial charge in [0, 0.05) is 23.5 Å². The molecule has 2 aromatic carbocycles. The Labute approximate surface area is 143 Å². The van der Waals surface area contributed by atoms with E-state index in [4.69, 9.17) is 0 Å². The molecule has 0 aliphatic rings. The fourth-order valence-corrected chi connectivity index (χ4v) is 2.73. The molecule has 25 heavy (non-hydrogen) atoms. The second-order valence-electron chi connectivity index (χ2n) is 5.48. The molecular weight excluding hydrogens is 314 g/mol. The van der Waals surface area contributed by atoms with Gasteiger partial charge in [0.05, 0.1) is 28.6 Å². The fourth-order valence-electron chi connectivity index (χ4n) is 2.73. The van der Waals surface area contributed by atoms with Crippen LogP contribution in [0.25, 0.3) is 16.7 Å². The number of hydrogen-bond acceptors (Lipinski definition) is 2. The Hall–Kier alpha value is -3.78. The number of aromatic amines is 1. The van der Waals surface area contributed by atoms with Crippen molar-refractivity contribution in [3.8, 4) is 17.5 Å². The summed E-state index contributed by atoms with van der Waals surface area (Å²) in [6, 6.07) is 14.5. The van der Waals surface area contributed by atoms with E-state index in [0.29, 0.717) is 11.3 Å². The van der Waals surface area contributed by atoms with Crippen molar-refractivity contribution in [3.05, 3.63) is 83.9 Å². The monoisotopic (exact) mass is 327 g/mol. The van der Waals surface area contributed by atoms with E-state index in [1.165, 1.54) is 0 Å². The number of aromatic nitrogens is 3. The predicted octanol–water partition coefficient (Wildman–Crippen LogP) is 3.45. The van der Waals surface area contributed by atoms with Crippen molar-refractivity contribution < 1.29 is 9.90 Å². The highest BCUT2D eigenvalue weighted by Gasteiger charge is 2.14. The van der Waals surface area contributed by atoms with Crippen LogP contribution < -0.4 is 0 Å². The number of fused-ring (bicyclic) bond motifs is 1. The van der Waals surface area contributed by atoms with Crippen LogP contribution in [0.5, 0.6) is 0 Å². The largest absolute Gasteiger partial charge is 0.478 e. The number of carboxylic acid groups (broad SMARTS) is 1. The van der Waals surface area contributed by atoms with E-state index in [1.54, 1.807) is 23.0 Å². The number of hydrogen-bond donors (Lipinski definition) is 2. The zero-order chi connectivity index (χ0) is 17.2. The first-order valence-electron chi connectivity index (χ1n) is 7.67. The average molecular weight is 327 g/mol. The van der Waals surface area contributed by atoms with Crippen molar-refractivity contribution in [3.63, 3.8) is 0 Å². The van der Waals surface area contributed by atoms with E-state index in [1.807, 2.05) is 48.8 Å². The number of benzene rings is 2. The zero-order valence-electron chi connectivity index (χ0n) is 13.1. The third-order valence-electron chi connectivity index (χ3n) is 3.89. The molecule has 2 N–H and O–H groups in total. The van der Waals surface area contributed by atoms with Gasteiger partial charge in [-0.25, -0.2) is 9.78 Å². The fraction of sp³-hybridized carbons (Fsp3) is 0. The van der Waals surface area contributed by atoms with E-state index in [-0.39, 0.29) is 5.56 Å². The van der Waals surface area contributed by atoms with Crippen LogP contribution in [0.15, 0.2) is 67.3 Å². The summed E-state index contributed by atoms with van der Waals surface area (Å²) in [4.78, 5) is 18.8. The lowest BCUT2D eigenvalue weighted by atomic mass is 10.1. The Morgan fingerprint density at radius 2 is 1.92 bits per heavy atom. The normalized spacial score (nSPS) is 10.4. The molecule has 0 aliphatic heterocycles. The van der Waals surface area contributed by atoms with Crippen LogP contribution in [0.1, 0.15) is 21.5 Å². The van der Waals surface area contributed by atoms with Crippen LogP contribution in [0.2, 0.25) is 0 Å². The summed E-state index contributed by atoms with van der Waals surface area (Å²) in [5.74, 6) is 5.23. The number of aromatic carboxylic acids is 1. The van der Waals surface area contributed by atoms with Crippen molar-refractivity contribution in [2.24, 2.45) is 0 Å². The van der Waals surface area contributed by atoms with Gasteiger partial charge >= 0.3 is 5.97 Å². The van der Waals surface area contributed by atoms with Gasteiger partial charge in [-0.1, -0.05) is 17.9 Å². The van der Waals surface area contributed by atoms with E-state index < -0.39 is 5.97 Å². The summed E-state index contributed by atoms with van der Waals surface area (Å²) in [5.41, 5.74) is 4.06. The molecule has 0 saturated heterocycles. The Morgan fingerprint density at radius 1 is 1.08 bits per heavy atom. The van der Waals surface area contributed by atoms with Gasteiger partial charge in [0.2, 0.25) is 0 Å². The summed E-state index contributed by atoms with van der Waals surface area (Å²) in [5, 5.41) is 9.50. The maximum absolute atomic E-state index is 11.6. The summed E-state index contributed by atoms with van der Waals surface area (Å²) in [6.07, 6.45) is 5.26. The standard InChI is InChI=1S/C20H13N3O2/c24-20(25)16-5-3-4-15(19(16)23-10-1-2-11-23)8-6-14-7-9-17-18(12-14)22-13-21-17/h1-5,7,9-13H,(H,21,22)(H,24,25). The van der Waals surface area contributed by atoms with Gasteiger partial charge in [-0.2, -0.15) is 0 Å². The van der Waals surface area contributed by atoms with Gasteiger partial charge in [0.15, 0.2) is 0 Å². The highest BCUT2D eigenvalue weighted by Crippen LogP contribution is 2.20. The molecule has 0 bridgehead atoms. The number of H-pyrrole nitrogens is 1. The van der Waals surface area contributed by atoms with Gasteiger partial charge in [0.25, 0.3) is 0 Å². The third kappa shape index (κ3) is 2.77. The lowest BCUT2D eigenvalue weighted by Gasteiger charge is -2.10. The van der Waals surface area contributed by atoms with Gasteiger partial charge in [-0.3, -0.25) is 0 Å². The van der Waals surface area contributed by atoms with Crippen LogP contribution in [0.4, 0.5) is 0 Å². The molecule has 120 valence electrons. The topological polar surface area (TPSA) is 70.9 Å². The second kappa shape index (κ2) is 6.02. The lowest BCUT2D eigenvalue weighted by molar-refractivity contribution is 0.0697. The van der Waals surface area contributed by atoms with Crippen LogP contribution >= 0.6 is 0 Å². The molecule has 5 heteroatoms. The minimum Gasteiger partial charge on any atom is -0.478 e. The molecule has 2 aromatic heterocycles. The van der Waals surface area contributed by atoms with E-state index in [2.05, 4.69) is 21.8 Å². The summed E-state index contributed by atoms with van der Waals surface area (Å²) >= 11 is 0. The van der Waals surface area contributed by atoms with Gasteiger partial charge in [-0.15, -0.1) is 0 Å². The van der Waals surface area contributed by atoms with E-state index >= 15 is 0 Å². The minimum absolute atomic E-state index is 0.215. The number of imidazole rings is 1. The number of nitrogens with zero attached hydrogens (tertiary/aromatic N) is 2. The zero-order valence-corrected chi connectivity index (χ0v) is 13.1. The molecule has 0 atom stereocenters. The first-order chi connectivity index (χ1) is 12.2. The van der Waals surface area contributed by atoms with E-state index in [9.17, 15) is 9.90 Å². The van der Waals surface area contributed by atoms with Crippen molar-refractivity contribution in [1.29, 1.82) is 0 Å². The first-order valence-corrected chi connectivity index (χ1v) is 7.67. The molecule has 0 unspecified atom stereocenters. The van der Waals surface area contributed by atoms with Crippen LogP contribution in [-0.2, 0) is 0 Å². The Morgan fingerprint density at radius 3 is 2.72 bits per heavy atom. The molecule has 0 fully saturated rings. The van der Waals surface area contributed by atoms with E-state index in [0.717, 1.165) is 16.6 Å². The summed E-state index contributed by atoms with van der Waals surface area (Å²) < 4.78 is 1.77. The molecule has 0 aliphatic carbocycles. The molecule has 5 nitrogen and oxygen atoms in total. The van der Waals surface area contributed by atoms with Crippen LogP contribution in [0.3, 0.4) is 0 Å². The molecule has 0 spiro atoms. The van der Waals surface area contributed by atoms with Gasteiger partial charge in [0.1, 0.15) is 0 Å². The average Bonchev–Trinajstić information content (AvgIpc) is 3.30. The van der Waals surface area contributed by atoms with Crippen molar-refractivity contribution in [1.82, 2.24) is 14.5 Å². The Balaban J connectivity index is 1.83. The number of para-hydroxylation sites is 1. The smallest absolute Gasteiger partial charge is 0.337 e. The minimum atomic E-state index is -0.980. The SMILES string of the molecule is O=C(O)c1cccc(C#Cc2ccc3nc[nH]c3c2)c1-n1cccc1. The van der Waals surface area contributed by atoms with Crippen LogP contribution in [-0.4, -0.2) is 25.6 Å². The van der Waals surface area contributed by atoms with Gasteiger partial charge < -0.3 is 14.7 Å². The quantitative estimate of drug-likeness (QED) is 0.554. The maximum Gasteiger partial charge on any atom is 0.337 e. The molecule has 0 saturated carbocycles. The first kappa shape index (κ1) is 14.8. The second-order valence-corrected chi connectivity index (χ2v) is 5.48. The predicted molar refractivity (Wildman–Crippen MR) is 94.8 cm³/mol. The molecule has 2 heterocycles. The Kier molecular flexibility index (Phi) is 3.56. The van der Waals surface area contributed by atoms with Crippen molar-refractivity contribution in [2.45, 2.75) is 0 Å². The molecule has 0 radical (unpaired) electrons. The highest BCUT2D eigenvalue weighted by atomic mass is 16.4. The molecule has 4 rings (SSSR count). The van der Waals surface area contributed by atoms with Crippen molar-refractivity contribution in [2.75, 3.05) is 0 Å². The Bertz CT molecular complexity index is 1130. The maximum atomic E-state index is 11.6. The summed E-state index contributed by atoms with van der Waals surface area (Å²) in [6.45, 7) is 0. The third-order valence-corrected chi connectivity index (χ3v) is 3.89. The summed E-state index contributed by atoms with van der Waals surface area (Å²) in [7, 11) is 0. The number of rotatable bonds is 2. The van der Waals surface area contributed by atoms with Crippen molar-refractivity contribution >= 4 is 17.0 Å². The number of nitrogens with one attached hydrogen (secondary N) is 1. The molecular formula is C20H13N3O2.